The third-order valence-corrected chi connectivity index (χ3v) is 5.20. The van der Waals surface area contributed by atoms with Crippen molar-refractivity contribution in [1.29, 1.82) is 0 Å². The quantitative estimate of drug-likeness (QED) is 0.787. The maximum Gasteiger partial charge on any atom is 0.240 e. The minimum Gasteiger partial charge on any atom is -0.295 e. The van der Waals surface area contributed by atoms with Crippen LogP contribution in [0.1, 0.15) is 50.9 Å². The van der Waals surface area contributed by atoms with Crippen LogP contribution >= 0.6 is 0 Å². The fraction of sp³-hybridized carbons (Fsp3) is 0.533. The molecule has 1 unspecified atom stereocenters. The van der Waals surface area contributed by atoms with Gasteiger partial charge in [-0.1, -0.05) is 38.8 Å². The van der Waals surface area contributed by atoms with Gasteiger partial charge in [-0.05, 0) is 31.9 Å². The summed E-state index contributed by atoms with van der Waals surface area (Å²) >= 11 is 0. The van der Waals surface area contributed by atoms with Gasteiger partial charge in [0.15, 0.2) is 5.78 Å². The molecule has 0 bridgehead atoms. The first-order valence-electron chi connectivity index (χ1n) is 6.95. The van der Waals surface area contributed by atoms with Gasteiger partial charge in [0.05, 0.1) is 4.90 Å². The fourth-order valence-corrected chi connectivity index (χ4v) is 3.64. The average molecular weight is 297 g/mol. The maximum atomic E-state index is 12.3. The van der Waals surface area contributed by atoms with E-state index in [1.807, 2.05) is 6.92 Å². The lowest BCUT2D eigenvalue weighted by molar-refractivity contribution is 0.101. The smallest absolute Gasteiger partial charge is 0.240 e. The zero-order chi connectivity index (χ0) is 15.3. The summed E-state index contributed by atoms with van der Waals surface area (Å²) in [5.74, 6) is 0.163. The van der Waals surface area contributed by atoms with Crippen LogP contribution in [-0.2, 0) is 10.0 Å². The molecular weight excluding hydrogens is 274 g/mol. The molecule has 0 radical (unpaired) electrons. The standard InChI is InChI=1S/C15H23NO3S/c1-5-13(6-2)11(3)16-20(18,19)15-9-7-8-14(10-15)12(4)17/h7-11,13,16H,5-6H2,1-4H3. The lowest BCUT2D eigenvalue weighted by atomic mass is 9.96. The predicted molar refractivity (Wildman–Crippen MR) is 80.3 cm³/mol. The Balaban J connectivity index is 2.99. The zero-order valence-electron chi connectivity index (χ0n) is 12.5. The van der Waals surface area contributed by atoms with Crippen LogP contribution in [0.5, 0.6) is 0 Å². The first-order valence-corrected chi connectivity index (χ1v) is 8.43. The number of rotatable bonds is 7. The lowest BCUT2D eigenvalue weighted by Gasteiger charge is -2.22. The van der Waals surface area contributed by atoms with E-state index in [2.05, 4.69) is 18.6 Å². The molecular formula is C15H23NO3S. The Morgan fingerprint density at radius 1 is 1.25 bits per heavy atom. The van der Waals surface area contributed by atoms with Crippen molar-refractivity contribution < 1.29 is 13.2 Å². The fourth-order valence-electron chi connectivity index (χ4n) is 2.29. The lowest BCUT2D eigenvalue weighted by Crippen LogP contribution is -2.37. The number of carbonyl (C=O) groups is 1. The van der Waals surface area contributed by atoms with Crippen LogP contribution in [0, 0.1) is 5.92 Å². The Morgan fingerprint density at radius 2 is 1.85 bits per heavy atom. The molecule has 0 aliphatic heterocycles. The number of Topliss-reactive ketones (excluding diaryl/α,β-unsaturated/α-hetero) is 1. The number of nitrogens with one attached hydrogen (secondary N) is 1. The van der Waals surface area contributed by atoms with Gasteiger partial charge in [-0.3, -0.25) is 4.79 Å². The molecule has 0 spiro atoms. The second-order valence-electron chi connectivity index (χ2n) is 5.07. The zero-order valence-corrected chi connectivity index (χ0v) is 13.3. The Labute approximate surface area is 121 Å². The van der Waals surface area contributed by atoms with Gasteiger partial charge in [-0.25, -0.2) is 13.1 Å². The van der Waals surface area contributed by atoms with Crippen molar-refractivity contribution in [2.45, 2.75) is 51.5 Å². The van der Waals surface area contributed by atoms with Crippen molar-refractivity contribution >= 4 is 15.8 Å². The highest BCUT2D eigenvalue weighted by Gasteiger charge is 2.22. The van der Waals surface area contributed by atoms with Crippen LogP contribution < -0.4 is 4.72 Å². The summed E-state index contributed by atoms with van der Waals surface area (Å²) in [6.07, 6.45) is 1.85. The molecule has 0 amide bonds. The van der Waals surface area contributed by atoms with Crippen LogP contribution in [0.25, 0.3) is 0 Å². The second-order valence-corrected chi connectivity index (χ2v) is 6.78. The third kappa shape index (κ3) is 4.15. The van der Waals surface area contributed by atoms with Gasteiger partial charge in [0.2, 0.25) is 10.0 Å². The van der Waals surface area contributed by atoms with E-state index in [4.69, 9.17) is 0 Å². The highest BCUT2D eigenvalue weighted by molar-refractivity contribution is 7.89. The predicted octanol–water partition coefficient (Wildman–Crippen LogP) is 2.99. The summed E-state index contributed by atoms with van der Waals surface area (Å²) < 4.78 is 27.4. The van der Waals surface area contributed by atoms with E-state index in [1.165, 1.54) is 19.1 Å². The molecule has 1 aromatic carbocycles. The van der Waals surface area contributed by atoms with E-state index in [0.717, 1.165) is 12.8 Å². The van der Waals surface area contributed by atoms with Crippen LogP contribution in [-0.4, -0.2) is 20.2 Å². The Hall–Kier alpha value is -1.20. The molecule has 1 atom stereocenters. The second kappa shape index (κ2) is 6.99. The van der Waals surface area contributed by atoms with E-state index in [9.17, 15) is 13.2 Å². The van der Waals surface area contributed by atoms with Crippen molar-refractivity contribution in [2.75, 3.05) is 0 Å². The molecule has 1 rings (SSSR count). The van der Waals surface area contributed by atoms with Gasteiger partial charge in [0.1, 0.15) is 0 Å². The normalized spacial score (nSPS) is 13.4. The van der Waals surface area contributed by atoms with Crippen LogP contribution in [0.2, 0.25) is 0 Å². The molecule has 0 fully saturated rings. The SMILES string of the molecule is CCC(CC)C(C)NS(=O)(=O)c1cccc(C(C)=O)c1. The maximum absolute atomic E-state index is 12.3. The van der Waals surface area contributed by atoms with Gasteiger partial charge in [-0.15, -0.1) is 0 Å². The van der Waals surface area contributed by atoms with Crippen molar-refractivity contribution in [3.05, 3.63) is 29.8 Å². The van der Waals surface area contributed by atoms with Gasteiger partial charge >= 0.3 is 0 Å². The summed E-state index contributed by atoms with van der Waals surface area (Å²) in [7, 11) is -3.58. The molecule has 0 saturated carbocycles. The molecule has 0 aliphatic rings. The van der Waals surface area contributed by atoms with E-state index in [-0.39, 0.29) is 16.7 Å². The minimum atomic E-state index is -3.58. The molecule has 20 heavy (non-hydrogen) atoms. The van der Waals surface area contributed by atoms with E-state index < -0.39 is 10.0 Å². The number of ketones is 1. The number of benzene rings is 1. The molecule has 0 aromatic heterocycles. The molecule has 1 aromatic rings. The number of hydrogen-bond donors (Lipinski definition) is 1. The molecule has 0 heterocycles. The van der Waals surface area contributed by atoms with Gasteiger partial charge < -0.3 is 0 Å². The van der Waals surface area contributed by atoms with Crippen molar-refractivity contribution in [2.24, 2.45) is 5.92 Å². The summed E-state index contributed by atoms with van der Waals surface area (Å²) in [4.78, 5) is 11.5. The molecule has 112 valence electrons. The van der Waals surface area contributed by atoms with Crippen molar-refractivity contribution in [3.63, 3.8) is 0 Å². The van der Waals surface area contributed by atoms with Gasteiger partial charge in [0.25, 0.3) is 0 Å². The largest absolute Gasteiger partial charge is 0.295 e. The summed E-state index contributed by atoms with van der Waals surface area (Å²) in [5.41, 5.74) is 0.406. The molecule has 4 nitrogen and oxygen atoms in total. The molecule has 5 heteroatoms. The van der Waals surface area contributed by atoms with Crippen molar-refractivity contribution in [1.82, 2.24) is 4.72 Å². The Bertz CT molecular complexity index is 562. The number of carbonyl (C=O) groups excluding carboxylic acids is 1. The Kier molecular flexibility index (Phi) is 5.89. The van der Waals surface area contributed by atoms with Crippen LogP contribution in [0.4, 0.5) is 0 Å². The molecule has 1 N–H and O–H groups in total. The monoisotopic (exact) mass is 297 g/mol. The first-order chi connectivity index (χ1) is 9.31. The van der Waals surface area contributed by atoms with E-state index in [0.29, 0.717) is 11.5 Å². The molecule has 0 saturated heterocycles. The minimum absolute atomic E-state index is 0.129. The van der Waals surface area contributed by atoms with E-state index >= 15 is 0 Å². The van der Waals surface area contributed by atoms with Crippen LogP contribution in [0.3, 0.4) is 0 Å². The molecule has 0 aliphatic carbocycles. The highest BCUT2D eigenvalue weighted by atomic mass is 32.2. The topological polar surface area (TPSA) is 63.2 Å². The Morgan fingerprint density at radius 3 is 2.35 bits per heavy atom. The summed E-state index contributed by atoms with van der Waals surface area (Å²) in [6.45, 7) is 7.40. The number of hydrogen-bond acceptors (Lipinski definition) is 3. The summed E-state index contributed by atoms with van der Waals surface area (Å²) in [6, 6.07) is 6.01. The van der Waals surface area contributed by atoms with Gasteiger partial charge in [0, 0.05) is 11.6 Å². The van der Waals surface area contributed by atoms with Gasteiger partial charge in [-0.2, -0.15) is 0 Å². The summed E-state index contributed by atoms with van der Waals surface area (Å²) in [5, 5.41) is 0. The highest BCUT2D eigenvalue weighted by Crippen LogP contribution is 2.17. The van der Waals surface area contributed by atoms with E-state index in [1.54, 1.807) is 12.1 Å². The average Bonchev–Trinajstić information content (AvgIpc) is 2.39. The first kappa shape index (κ1) is 16.9. The van der Waals surface area contributed by atoms with Crippen LogP contribution in [0.15, 0.2) is 29.2 Å². The third-order valence-electron chi connectivity index (χ3n) is 3.65. The number of sulfonamides is 1. The van der Waals surface area contributed by atoms with Crippen molar-refractivity contribution in [3.8, 4) is 0 Å².